The molecule has 1 aromatic heterocycles. The Hall–Kier alpha value is -2.51. The standard InChI is InChI=1S/C15H12ClN3O/c1-19-8-4-5-12(19)9-11(10-17)15(20)18-14-7-3-2-6-13(14)16/h2-9H,1H3,(H,18,20)/b11-9-. The molecule has 0 atom stereocenters. The highest BCUT2D eigenvalue weighted by Crippen LogP contribution is 2.21. The lowest BCUT2D eigenvalue weighted by Gasteiger charge is -2.06. The Balaban J connectivity index is 2.23. The molecule has 0 aliphatic carbocycles. The number of hydrogen-bond donors (Lipinski definition) is 1. The number of benzene rings is 1. The number of nitrogens with one attached hydrogen (secondary N) is 1. The lowest BCUT2D eigenvalue weighted by atomic mass is 10.2. The van der Waals surface area contributed by atoms with Crippen molar-refractivity contribution in [2.75, 3.05) is 5.32 Å². The number of para-hydroxylation sites is 1. The molecule has 1 aromatic carbocycles. The van der Waals surface area contributed by atoms with Gasteiger partial charge in [0.15, 0.2) is 0 Å². The zero-order chi connectivity index (χ0) is 14.5. The predicted octanol–water partition coefficient (Wildman–Crippen LogP) is 3.22. The topological polar surface area (TPSA) is 57.8 Å². The predicted molar refractivity (Wildman–Crippen MR) is 79.1 cm³/mol. The largest absolute Gasteiger partial charge is 0.351 e. The fourth-order valence-electron chi connectivity index (χ4n) is 1.67. The summed E-state index contributed by atoms with van der Waals surface area (Å²) in [6.07, 6.45) is 3.37. The summed E-state index contributed by atoms with van der Waals surface area (Å²) < 4.78 is 1.82. The van der Waals surface area contributed by atoms with Crippen LogP contribution in [0.3, 0.4) is 0 Å². The minimum Gasteiger partial charge on any atom is -0.351 e. The summed E-state index contributed by atoms with van der Waals surface area (Å²) in [5.41, 5.74) is 1.27. The molecule has 0 saturated heterocycles. The molecule has 4 nitrogen and oxygen atoms in total. The first-order valence-electron chi connectivity index (χ1n) is 5.91. The van der Waals surface area contributed by atoms with Gasteiger partial charge in [-0.2, -0.15) is 5.26 Å². The molecule has 100 valence electrons. The summed E-state index contributed by atoms with van der Waals surface area (Å²) in [4.78, 5) is 12.1. The number of halogens is 1. The van der Waals surface area contributed by atoms with Crippen molar-refractivity contribution >= 4 is 29.3 Å². The van der Waals surface area contributed by atoms with Crippen LogP contribution in [0, 0.1) is 11.3 Å². The molecule has 5 heteroatoms. The van der Waals surface area contributed by atoms with Crippen LogP contribution < -0.4 is 5.32 Å². The summed E-state index contributed by atoms with van der Waals surface area (Å²) in [7, 11) is 1.84. The Morgan fingerprint density at radius 2 is 2.10 bits per heavy atom. The Labute approximate surface area is 121 Å². The van der Waals surface area contributed by atoms with Crippen molar-refractivity contribution in [2.45, 2.75) is 0 Å². The number of rotatable bonds is 3. The summed E-state index contributed by atoms with van der Waals surface area (Å²) in [5, 5.41) is 12.2. The van der Waals surface area contributed by atoms with Crippen LogP contribution in [0.5, 0.6) is 0 Å². The fraction of sp³-hybridized carbons (Fsp3) is 0.0667. The number of carbonyl (C=O) groups is 1. The van der Waals surface area contributed by atoms with E-state index < -0.39 is 5.91 Å². The molecule has 0 radical (unpaired) electrons. The van der Waals surface area contributed by atoms with Gasteiger partial charge in [0, 0.05) is 18.9 Å². The monoisotopic (exact) mass is 285 g/mol. The Morgan fingerprint density at radius 1 is 1.35 bits per heavy atom. The van der Waals surface area contributed by atoms with Crippen molar-refractivity contribution in [3.05, 3.63) is 58.9 Å². The minimum absolute atomic E-state index is 0.0201. The molecular weight excluding hydrogens is 274 g/mol. The molecule has 0 unspecified atom stereocenters. The number of nitrogens with zero attached hydrogens (tertiary/aromatic N) is 2. The van der Waals surface area contributed by atoms with Crippen molar-refractivity contribution in [3.63, 3.8) is 0 Å². The maximum Gasteiger partial charge on any atom is 0.266 e. The molecule has 1 amide bonds. The van der Waals surface area contributed by atoms with Gasteiger partial charge in [0.2, 0.25) is 0 Å². The number of amides is 1. The Bertz CT molecular complexity index is 710. The van der Waals surface area contributed by atoms with Gasteiger partial charge >= 0.3 is 0 Å². The molecule has 0 aliphatic heterocycles. The molecule has 0 spiro atoms. The van der Waals surface area contributed by atoms with Gasteiger partial charge < -0.3 is 9.88 Å². The average molecular weight is 286 g/mol. The lowest BCUT2D eigenvalue weighted by molar-refractivity contribution is -0.112. The van der Waals surface area contributed by atoms with Gasteiger partial charge in [0.25, 0.3) is 5.91 Å². The molecular formula is C15H12ClN3O. The van der Waals surface area contributed by atoms with Crippen LogP contribution in [0.4, 0.5) is 5.69 Å². The molecule has 0 saturated carbocycles. The van der Waals surface area contributed by atoms with E-state index in [9.17, 15) is 4.79 Å². The third-order valence-corrected chi connectivity index (χ3v) is 3.09. The second kappa shape index (κ2) is 6.09. The van der Waals surface area contributed by atoms with Gasteiger partial charge in [-0.15, -0.1) is 0 Å². The van der Waals surface area contributed by atoms with Gasteiger partial charge in [0.05, 0.1) is 10.7 Å². The normalized spacial score (nSPS) is 10.9. The van der Waals surface area contributed by atoms with Crippen LogP contribution in [-0.4, -0.2) is 10.5 Å². The maximum atomic E-state index is 12.1. The van der Waals surface area contributed by atoms with Crippen LogP contribution >= 0.6 is 11.6 Å². The van der Waals surface area contributed by atoms with E-state index in [1.54, 1.807) is 24.3 Å². The zero-order valence-corrected chi connectivity index (χ0v) is 11.6. The molecule has 1 N–H and O–H groups in total. The first-order chi connectivity index (χ1) is 9.61. The van der Waals surface area contributed by atoms with E-state index in [0.29, 0.717) is 10.7 Å². The van der Waals surface area contributed by atoms with Crippen molar-refractivity contribution in [3.8, 4) is 6.07 Å². The molecule has 20 heavy (non-hydrogen) atoms. The highest BCUT2D eigenvalue weighted by atomic mass is 35.5. The fourth-order valence-corrected chi connectivity index (χ4v) is 1.86. The van der Waals surface area contributed by atoms with Gasteiger partial charge in [-0.1, -0.05) is 23.7 Å². The second-order valence-corrected chi connectivity index (χ2v) is 4.55. The van der Waals surface area contributed by atoms with Gasteiger partial charge in [-0.25, -0.2) is 0 Å². The van der Waals surface area contributed by atoms with Crippen LogP contribution in [-0.2, 0) is 11.8 Å². The van der Waals surface area contributed by atoms with Gasteiger partial charge in [-0.05, 0) is 30.3 Å². The maximum absolute atomic E-state index is 12.1. The van der Waals surface area contributed by atoms with Crippen LogP contribution in [0.2, 0.25) is 5.02 Å². The summed E-state index contributed by atoms with van der Waals surface area (Å²) in [5.74, 6) is -0.484. The molecule has 0 aliphatic rings. The summed E-state index contributed by atoms with van der Waals surface area (Å²) in [6.45, 7) is 0. The third kappa shape index (κ3) is 3.08. The van der Waals surface area contributed by atoms with E-state index in [1.165, 1.54) is 6.08 Å². The number of carbonyl (C=O) groups excluding carboxylic acids is 1. The van der Waals surface area contributed by atoms with Crippen molar-refractivity contribution in [2.24, 2.45) is 7.05 Å². The minimum atomic E-state index is -0.484. The highest BCUT2D eigenvalue weighted by Gasteiger charge is 2.11. The van der Waals surface area contributed by atoms with Crippen LogP contribution in [0.1, 0.15) is 5.69 Å². The quantitative estimate of drug-likeness (QED) is 0.695. The molecule has 0 fully saturated rings. The lowest BCUT2D eigenvalue weighted by Crippen LogP contribution is -2.13. The number of anilines is 1. The average Bonchev–Trinajstić information content (AvgIpc) is 2.84. The first kappa shape index (κ1) is 13.9. The third-order valence-electron chi connectivity index (χ3n) is 2.76. The molecule has 2 aromatic rings. The number of aryl methyl sites for hydroxylation is 1. The molecule has 1 heterocycles. The molecule has 0 bridgehead atoms. The summed E-state index contributed by atoms with van der Waals surface area (Å²) in [6, 6.07) is 12.4. The number of hydrogen-bond acceptors (Lipinski definition) is 2. The van der Waals surface area contributed by atoms with E-state index in [2.05, 4.69) is 5.32 Å². The van der Waals surface area contributed by atoms with E-state index in [-0.39, 0.29) is 5.57 Å². The SMILES string of the molecule is Cn1cccc1/C=C(/C#N)C(=O)Nc1ccccc1Cl. The van der Waals surface area contributed by atoms with E-state index in [4.69, 9.17) is 16.9 Å². The second-order valence-electron chi connectivity index (χ2n) is 4.15. The van der Waals surface area contributed by atoms with Gasteiger partial charge in [-0.3, -0.25) is 4.79 Å². The van der Waals surface area contributed by atoms with Crippen LogP contribution in [0.25, 0.3) is 6.08 Å². The smallest absolute Gasteiger partial charge is 0.266 e. The molecule has 2 rings (SSSR count). The first-order valence-corrected chi connectivity index (χ1v) is 6.28. The van der Waals surface area contributed by atoms with E-state index >= 15 is 0 Å². The van der Waals surface area contributed by atoms with E-state index in [1.807, 2.05) is 36.0 Å². The van der Waals surface area contributed by atoms with Crippen molar-refractivity contribution in [1.82, 2.24) is 4.57 Å². The Kier molecular flexibility index (Phi) is 4.24. The van der Waals surface area contributed by atoms with Crippen LogP contribution in [0.15, 0.2) is 48.2 Å². The Morgan fingerprint density at radius 3 is 2.70 bits per heavy atom. The zero-order valence-electron chi connectivity index (χ0n) is 10.8. The number of aromatic nitrogens is 1. The summed E-state index contributed by atoms with van der Waals surface area (Å²) >= 11 is 5.96. The van der Waals surface area contributed by atoms with Crippen molar-refractivity contribution in [1.29, 1.82) is 5.26 Å². The van der Waals surface area contributed by atoms with Crippen molar-refractivity contribution < 1.29 is 4.79 Å². The number of nitriles is 1. The van der Waals surface area contributed by atoms with Gasteiger partial charge in [0.1, 0.15) is 11.6 Å². The highest BCUT2D eigenvalue weighted by molar-refractivity contribution is 6.34. The van der Waals surface area contributed by atoms with E-state index in [0.717, 1.165) is 5.69 Å².